The lowest BCUT2D eigenvalue weighted by Crippen LogP contribution is -2.44. The molecule has 0 atom stereocenters. The third-order valence-electron chi connectivity index (χ3n) is 4.02. The molecule has 0 unspecified atom stereocenters. The van der Waals surface area contributed by atoms with Crippen LogP contribution in [0.1, 0.15) is 37.9 Å². The summed E-state index contributed by atoms with van der Waals surface area (Å²) >= 11 is 0. The van der Waals surface area contributed by atoms with Gasteiger partial charge in [0.15, 0.2) is 5.65 Å². The van der Waals surface area contributed by atoms with E-state index in [1.54, 1.807) is 0 Å². The summed E-state index contributed by atoms with van der Waals surface area (Å²) in [7, 11) is 1.86. The molecule has 1 fully saturated rings. The van der Waals surface area contributed by atoms with Gasteiger partial charge in [0.25, 0.3) is 0 Å². The number of nitrogens with one attached hydrogen (secondary N) is 2. The van der Waals surface area contributed by atoms with E-state index in [0.717, 1.165) is 42.1 Å². The minimum absolute atomic E-state index is 0.0854. The van der Waals surface area contributed by atoms with E-state index in [4.69, 9.17) is 5.73 Å². The number of rotatable bonds is 3. The zero-order chi connectivity index (χ0) is 13.3. The summed E-state index contributed by atoms with van der Waals surface area (Å²) in [6.45, 7) is 0. The predicted molar refractivity (Wildman–Crippen MR) is 77.1 cm³/mol. The van der Waals surface area contributed by atoms with Crippen LogP contribution in [0.15, 0.2) is 12.1 Å². The first-order chi connectivity index (χ1) is 9.18. The molecular weight excluding hydrogens is 238 g/mol. The molecule has 5 heteroatoms. The molecule has 2 aromatic heterocycles. The molecule has 5 nitrogen and oxygen atoms in total. The number of pyridine rings is 1. The normalized spacial score (nSPS) is 18.6. The first-order valence-corrected chi connectivity index (χ1v) is 7.01. The van der Waals surface area contributed by atoms with E-state index < -0.39 is 0 Å². The van der Waals surface area contributed by atoms with E-state index in [0.29, 0.717) is 0 Å². The van der Waals surface area contributed by atoms with Crippen molar-refractivity contribution in [3.05, 3.63) is 18.0 Å². The Morgan fingerprint density at radius 3 is 2.79 bits per heavy atom. The summed E-state index contributed by atoms with van der Waals surface area (Å²) in [6.07, 6.45) is 6.79. The number of imidazole rings is 1. The van der Waals surface area contributed by atoms with Crippen LogP contribution in [-0.2, 0) is 6.42 Å². The molecule has 1 saturated carbocycles. The first-order valence-electron chi connectivity index (χ1n) is 7.01. The maximum atomic E-state index is 6.48. The molecule has 102 valence electrons. The van der Waals surface area contributed by atoms with Crippen LogP contribution in [0.3, 0.4) is 0 Å². The average Bonchev–Trinajstić information content (AvgIpc) is 2.79. The molecule has 0 amide bonds. The maximum Gasteiger partial charge on any atom is 0.179 e. The first kappa shape index (κ1) is 12.4. The molecule has 0 spiro atoms. The lowest BCUT2D eigenvalue weighted by molar-refractivity contribution is 0.290. The second-order valence-corrected chi connectivity index (χ2v) is 5.60. The van der Waals surface area contributed by atoms with Gasteiger partial charge in [0, 0.05) is 19.0 Å². The Morgan fingerprint density at radius 2 is 2.05 bits per heavy atom. The molecule has 1 aliphatic carbocycles. The van der Waals surface area contributed by atoms with Crippen LogP contribution in [0.4, 0.5) is 5.82 Å². The molecular formula is C14H21N5. The van der Waals surface area contributed by atoms with Crippen LogP contribution in [0.25, 0.3) is 11.2 Å². The maximum absolute atomic E-state index is 6.48. The number of fused-ring (bicyclic) bond motifs is 1. The number of H-pyrrole nitrogens is 1. The van der Waals surface area contributed by atoms with Crippen LogP contribution in [-0.4, -0.2) is 27.5 Å². The second-order valence-electron chi connectivity index (χ2n) is 5.60. The largest absolute Gasteiger partial charge is 0.373 e. The van der Waals surface area contributed by atoms with E-state index in [1.165, 1.54) is 19.3 Å². The van der Waals surface area contributed by atoms with Crippen molar-refractivity contribution in [2.75, 3.05) is 12.4 Å². The van der Waals surface area contributed by atoms with Crippen LogP contribution in [0.5, 0.6) is 0 Å². The number of nitrogens with two attached hydrogens (primary N) is 1. The van der Waals surface area contributed by atoms with Crippen molar-refractivity contribution in [1.82, 2.24) is 15.0 Å². The van der Waals surface area contributed by atoms with Crippen molar-refractivity contribution < 1.29 is 0 Å². The van der Waals surface area contributed by atoms with Crippen molar-refractivity contribution in [1.29, 1.82) is 0 Å². The molecule has 19 heavy (non-hydrogen) atoms. The van der Waals surface area contributed by atoms with E-state index >= 15 is 0 Å². The minimum atomic E-state index is -0.0854. The highest BCUT2D eigenvalue weighted by molar-refractivity contribution is 5.72. The van der Waals surface area contributed by atoms with E-state index in [2.05, 4.69) is 20.3 Å². The third-order valence-corrected chi connectivity index (χ3v) is 4.02. The minimum Gasteiger partial charge on any atom is -0.373 e. The Balaban J connectivity index is 1.84. The van der Waals surface area contributed by atoms with E-state index in [9.17, 15) is 0 Å². The predicted octanol–water partition coefficient (Wildman–Crippen LogP) is 2.20. The number of anilines is 1. The summed E-state index contributed by atoms with van der Waals surface area (Å²) < 4.78 is 0. The van der Waals surface area contributed by atoms with Gasteiger partial charge in [0.1, 0.15) is 11.6 Å². The van der Waals surface area contributed by atoms with Gasteiger partial charge in [-0.05, 0) is 25.0 Å². The molecule has 3 rings (SSSR count). The van der Waals surface area contributed by atoms with Crippen molar-refractivity contribution in [3.8, 4) is 0 Å². The van der Waals surface area contributed by atoms with Gasteiger partial charge in [0.05, 0.1) is 5.52 Å². The second kappa shape index (κ2) is 4.81. The number of hydrogen-bond acceptors (Lipinski definition) is 4. The number of aromatic nitrogens is 3. The molecule has 0 bridgehead atoms. The lowest BCUT2D eigenvalue weighted by Gasteiger charge is -2.32. The molecule has 0 radical (unpaired) electrons. The fraction of sp³-hybridized carbons (Fsp3) is 0.571. The molecule has 2 aromatic rings. The number of nitrogens with zero attached hydrogens (tertiary/aromatic N) is 2. The third kappa shape index (κ3) is 2.56. The van der Waals surface area contributed by atoms with Crippen LogP contribution < -0.4 is 11.1 Å². The monoisotopic (exact) mass is 259 g/mol. The summed E-state index contributed by atoms with van der Waals surface area (Å²) in [5.41, 5.74) is 8.14. The van der Waals surface area contributed by atoms with Gasteiger partial charge >= 0.3 is 0 Å². The van der Waals surface area contributed by atoms with Gasteiger partial charge in [-0.2, -0.15) is 0 Å². The SMILES string of the molecule is CNc1ccc2[nH]c(CC3(N)CCCCC3)nc2n1. The van der Waals surface area contributed by atoms with Gasteiger partial charge < -0.3 is 16.0 Å². The summed E-state index contributed by atoms with van der Waals surface area (Å²) in [5, 5.41) is 3.03. The Labute approximate surface area is 113 Å². The topological polar surface area (TPSA) is 79.6 Å². The fourth-order valence-corrected chi connectivity index (χ4v) is 2.93. The number of hydrogen-bond donors (Lipinski definition) is 3. The van der Waals surface area contributed by atoms with E-state index in [-0.39, 0.29) is 5.54 Å². The highest BCUT2D eigenvalue weighted by Crippen LogP contribution is 2.28. The van der Waals surface area contributed by atoms with E-state index in [1.807, 2.05) is 19.2 Å². The van der Waals surface area contributed by atoms with Gasteiger partial charge in [-0.25, -0.2) is 9.97 Å². The smallest absolute Gasteiger partial charge is 0.179 e. The Bertz CT molecular complexity index is 568. The molecule has 0 saturated heterocycles. The van der Waals surface area contributed by atoms with Crippen molar-refractivity contribution >= 4 is 17.0 Å². The Hall–Kier alpha value is -1.62. The molecule has 0 aliphatic heterocycles. The molecule has 4 N–H and O–H groups in total. The Morgan fingerprint density at radius 1 is 1.26 bits per heavy atom. The molecule has 0 aromatic carbocycles. The summed E-state index contributed by atoms with van der Waals surface area (Å²) in [5.74, 6) is 1.80. The van der Waals surface area contributed by atoms with Crippen LogP contribution >= 0.6 is 0 Å². The standard InChI is InChI=1S/C14H21N5/c1-16-11-6-5-10-13(18-11)19-12(17-10)9-14(15)7-3-2-4-8-14/h5-6H,2-4,7-9,15H2,1H3,(H2,16,17,18,19). The Kier molecular flexibility index (Phi) is 3.14. The van der Waals surface area contributed by atoms with Crippen LogP contribution in [0, 0.1) is 0 Å². The summed E-state index contributed by atoms with van der Waals surface area (Å²) in [4.78, 5) is 12.3. The zero-order valence-corrected chi connectivity index (χ0v) is 11.4. The number of aromatic amines is 1. The summed E-state index contributed by atoms with van der Waals surface area (Å²) in [6, 6.07) is 3.96. The van der Waals surface area contributed by atoms with Crippen molar-refractivity contribution in [2.24, 2.45) is 5.73 Å². The highest BCUT2D eigenvalue weighted by Gasteiger charge is 2.28. The lowest BCUT2D eigenvalue weighted by atomic mass is 9.80. The van der Waals surface area contributed by atoms with Crippen LogP contribution in [0.2, 0.25) is 0 Å². The fourth-order valence-electron chi connectivity index (χ4n) is 2.93. The van der Waals surface area contributed by atoms with Crippen molar-refractivity contribution in [2.45, 2.75) is 44.1 Å². The highest BCUT2D eigenvalue weighted by atomic mass is 15.0. The zero-order valence-electron chi connectivity index (χ0n) is 11.4. The molecule has 1 aliphatic rings. The average molecular weight is 259 g/mol. The van der Waals surface area contributed by atoms with Gasteiger partial charge in [0.2, 0.25) is 0 Å². The quantitative estimate of drug-likeness (QED) is 0.789. The molecule has 2 heterocycles. The van der Waals surface area contributed by atoms with Gasteiger partial charge in [-0.1, -0.05) is 19.3 Å². The van der Waals surface area contributed by atoms with Crippen molar-refractivity contribution in [3.63, 3.8) is 0 Å². The van der Waals surface area contributed by atoms with Gasteiger partial charge in [-0.15, -0.1) is 0 Å². The van der Waals surface area contributed by atoms with Gasteiger partial charge in [-0.3, -0.25) is 0 Å².